The molecule has 0 aliphatic rings. The molecule has 0 aromatic heterocycles. The standard InChI is InChI=1S/C27H59P/c1-5-9-13-17-21-25-28(24-20-16-12-8-4,26-22-18-14-10-6-2)27-23-19-15-11-7-3/h28H,5-27H2,1-4H3. The summed E-state index contributed by atoms with van der Waals surface area (Å²) >= 11 is 0. The van der Waals surface area contributed by atoms with Gasteiger partial charge in [0.1, 0.15) is 0 Å². The first kappa shape index (κ1) is 28.4. The van der Waals surface area contributed by atoms with E-state index in [0.717, 1.165) is 0 Å². The fourth-order valence-electron chi connectivity index (χ4n) is 4.99. The van der Waals surface area contributed by atoms with Gasteiger partial charge in [0.25, 0.3) is 0 Å². The predicted molar refractivity (Wildman–Crippen MR) is 138 cm³/mol. The SMILES string of the molecule is CCCCCCC[PH](CCCCCC)(CCCCCCC)CCCCCCC. The minimum atomic E-state index is -1.03. The average Bonchev–Trinajstić information content (AvgIpc) is 2.70. The second-order valence-electron chi connectivity index (χ2n) is 9.80. The molecule has 0 aliphatic heterocycles. The third kappa shape index (κ3) is 17.3. The molecule has 1 heteroatoms. The molecule has 0 atom stereocenters. The Kier molecular flexibility index (Phi) is 22.5. The van der Waals surface area contributed by atoms with Crippen molar-refractivity contribution in [2.75, 3.05) is 24.6 Å². The Hall–Kier alpha value is 0.430. The van der Waals surface area contributed by atoms with Gasteiger partial charge < -0.3 is 0 Å². The molecule has 0 saturated carbocycles. The van der Waals surface area contributed by atoms with Crippen LogP contribution in [0.15, 0.2) is 0 Å². The molecule has 0 N–H and O–H groups in total. The summed E-state index contributed by atoms with van der Waals surface area (Å²) in [5.74, 6) is 0. The fraction of sp³-hybridized carbons (Fsp3) is 1.00. The Balaban J connectivity index is 4.66. The summed E-state index contributed by atoms with van der Waals surface area (Å²) in [7, 11) is -1.03. The summed E-state index contributed by atoms with van der Waals surface area (Å²) < 4.78 is 0. The Morgan fingerprint density at radius 3 is 0.750 bits per heavy atom. The zero-order valence-electron chi connectivity index (χ0n) is 20.8. The minimum absolute atomic E-state index is 1.03. The van der Waals surface area contributed by atoms with Crippen LogP contribution in [-0.4, -0.2) is 24.6 Å². The molecule has 0 spiro atoms. The van der Waals surface area contributed by atoms with Gasteiger partial charge in [-0.2, -0.15) is 0 Å². The summed E-state index contributed by atoms with van der Waals surface area (Å²) in [6.45, 7) is 9.40. The molecule has 0 heterocycles. The molecule has 172 valence electrons. The van der Waals surface area contributed by atoms with Gasteiger partial charge in [0, 0.05) is 0 Å². The third-order valence-corrected chi connectivity index (χ3v) is 12.6. The first-order valence-corrected chi connectivity index (χ1v) is 16.6. The van der Waals surface area contributed by atoms with Gasteiger partial charge in [-0.1, -0.05) is 0 Å². The Morgan fingerprint density at radius 1 is 0.286 bits per heavy atom. The van der Waals surface area contributed by atoms with Gasteiger partial charge in [0.15, 0.2) is 0 Å². The molecule has 0 nitrogen and oxygen atoms in total. The first-order chi connectivity index (χ1) is 13.7. The molecule has 0 fully saturated rings. The molecule has 0 radical (unpaired) electrons. The molecular formula is C27H59P. The van der Waals surface area contributed by atoms with Crippen LogP contribution in [0.1, 0.15) is 150 Å². The van der Waals surface area contributed by atoms with Gasteiger partial charge in [-0.3, -0.25) is 0 Å². The van der Waals surface area contributed by atoms with Crippen molar-refractivity contribution in [3.8, 4) is 0 Å². The summed E-state index contributed by atoms with van der Waals surface area (Å²) in [6.07, 6.45) is 34.8. The topological polar surface area (TPSA) is 0 Å². The van der Waals surface area contributed by atoms with Crippen LogP contribution in [0, 0.1) is 0 Å². The quantitative estimate of drug-likeness (QED) is 0.115. The van der Waals surface area contributed by atoms with Gasteiger partial charge in [-0.05, 0) is 0 Å². The normalized spacial score (nSPS) is 12.6. The summed E-state index contributed by atoms with van der Waals surface area (Å²) in [6, 6.07) is 0. The van der Waals surface area contributed by atoms with Crippen LogP contribution in [0.3, 0.4) is 0 Å². The van der Waals surface area contributed by atoms with E-state index >= 15 is 0 Å². The second-order valence-corrected chi connectivity index (χ2v) is 14.8. The molecule has 0 aromatic rings. The van der Waals surface area contributed by atoms with Crippen molar-refractivity contribution in [2.24, 2.45) is 0 Å². The number of hydrogen-bond donors (Lipinski definition) is 0. The van der Waals surface area contributed by atoms with Gasteiger partial charge in [-0.25, -0.2) is 0 Å². The van der Waals surface area contributed by atoms with E-state index in [1.807, 2.05) is 0 Å². The van der Waals surface area contributed by atoms with Crippen LogP contribution in [0.2, 0.25) is 0 Å². The van der Waals surface area contributed by atoms with E-state index in [9.17, 15) is 0 Å². The Labute approximate surface area is 181 Å². The van der Waals surface area contributed by atoms with Crippen LogP contribution < -0.4 is 0 Å². The van der Waals surface area contributed by atoms with E-state index in [-0.39, 0.29) is 0 Å². The average molecular weight is 415 g/mol. The van der Waals surface area contributed by atoms with Gasteiger partial charge >= 0.3 is 182 Å². The number of unbranched alkanes of at least 4 members (excludes halogenated alkanes) is 15. The van der Waals surface area contributed by atoms with Gasteiger partial charge in [0.2, 0.25) is 0 Å². The number of hydrogen-bond acceptors (Lipinski definition) is 0. The molecule has 0 aliphatic carbocycles. The van der Waals surface area contributed by atoms with Crippen molar-refractivity contribution in [3.63, 3.8) is 0 Å². The van der Waals surface area contributed by atoms with E-state index in [4.69, 9.17) is 0 Å². The molecule has 0 unspecified atom stereocenters. The number of rotatable bonds is 23. The molecule has 0 amide bonds. The van der Waals surface area contributed by atoms with Crippen molar-refractivity contribution in [2.45, 2.75) is 150 Å². The van der Waals surface area contributed by atoms with Crippen molar-refractivity contribution in [1.82, 2.24) is 0 Å². The molecule has 28 heavy (non-hydrogen) atoms. The van der Waals surface area contributed by atoms with Crippen LogP contribution in [-0.2, 0) is 0 Å². The predicted octanol–water partition coefficient (Wildman–Crippen LogP) is 10.2. The molecule has 0 rings (SSSR count). The monoisotopic (exact) mass is 414 g/mol. The van der Waals surface area contributed by atoms with Gasteiger partial charge in [0.05, 0.1) is 0 Å². The van der Waals surface area contributed by atoms with E-state index in [2.05, 4.69) is 27.7 Å². The van der Waals surface area contributed by atoms with Crippen LogP contribution in [0.5, 0.6) is 0 Å². The van der Waals surface area contributed by atoms with Crippen LogP contribution in [0.25, 0.3) is 0 Å². The fourth-order valence-corrected chi connectivity index (χ4v) is 10.5. The Bertz CT molecular complexity index is 250. The molecular weight excluding hydrogens is 355 g/mol. The van der Waals surface area contributed by atoms with E-state index in [1.54, 1.807) is 50.3 Å². The van der Waals surface area contributed by atoms with Crippen molar-refractivity contribution >= 4 is 7.26 Å². The molecule has 0 saturated heterocycles. The van der Waals surface area contributed by atoms with Crippen LogP contribution in [0.4, 0.5) is 0 Å². The molecule has 0 bridgehead atoms. The van der Waals surface area contributed by atoms with Crippen molar-refractivity contribution in [1.29, 1.82) is 0 Å². The van der Waals surface area contributed by atoms with Crippen molar-refractivity contribution < 1.29 is 0 Å². The zero-order valence-corrected chi connectivity index (χ0v) is 21.8. The molecule has 0 aromatic carbocycles. The summed E-state index contributed by atoms with van der Waals surface area (Å²) in [5.41, 5.74) is 0. The van der Waals surface area contributed by atoms with E-state index in [1.165, 1.54) is 96.3 Å². The van der Waals surface area contributed by atoms with E-state index in [0.29, 0.717) is 0 Å². The maximum absolute atomic E-state index is 2.36. The first-order valence-electron chi connectivity index (χ1n) is 13.7. The Morgan fingerprint density at radius 2 is 0.500 bits per heavy atom. The van der Waals surface area contributed by atoms with Gasteiger partial charge in [-0.15, -0.1) is 0 Å². The van der Waals surface area contributed by atoms with Crippen LogP contribution >= 0.6 is 7.26 Å². The second kappa shape index (κ2) is 22.1. The maximum atomic E-state index is 2.36. The summed E-state index contributed by atoms with van der Waals surface area (Å²) in [5, 5.41) is 0. The van der Waals surface area contributed by atoms with Crippen molar-refractivity contribution in [3.05, 3.63) is 0 Å². The third-order valence-electron chi connectivity index (χ3n) is 6.99. The summed E-state index contributed by atoms with van der Waals surface area (Å²) in [4.78, 5) is 0. The van der Waals surface area contributed by atoms with E-state index < -0.39 is 7.26 Å². The zero-order chi connectivity index (χ0) is 20.8.